The number of hydrogen-bond acceptors (Lipinski definition) is 10. The fourth-order valence-corrected chi connectivity index (χ4v) is 9.85. The lowest BCUT2D eigenvalue weighted by molar-refractivity contribution is -0.137. The summed E-state index contributed by atoms with van der Waals surface area (Å²) in [5.74, 6) is 1.59. The van der Waals surface area contributed by atoms with Crippen LogP contribution in [0, 0.1) is 5.92 Å². The maximum atomic E-state index is 13.9. The lowest BCUT2D eigenvalue weighted by Crippen LogP contribution is -2.52. The second kappa shape index (κ2) is 16.9. The smallest absolute Gasteiger partial charge is 0.407 e. The van der Waals surface area contributed by atoms with E-state index < -0.39 is 24.3 Å². The molecule has 0 radical (unpaired) electrons. The maximum absolute atomic E-state index is 13.9. The SMILES string of the molecule is COC[C@H](NC(=O)OC)C(=O)N1C(c2nc3ccc4cc5c(cc4c3[nH]2)OCc2cc(-c3cnc([C@@H]4CC[C@H](C)N4C(=O)[C@@H](NC(=O)OC)C(C)C)[nH]3)ccc2-5)CC[C@@H]1I. The van der Waals surface area contributed by atoms with Crippen molar-refractivity contribution in [3.63, 3.8) is 0 Å². The molecule has 4 amide bonds. The van der Waals surface area contributed by atoms with Crippen LogP contribution in [0.2, 0.25) is 0 Å². The van der Waals surface area contributed by atoms with Crippen molar-refractivity contribution in [2.75, 3.05) is 27.9 Å². The van der Waals surface area contributed by atoms with Crippen LogP contribution in [0.15, 0.2) is 48.7 Å². The minimum atomic E-state index is -0.906. The number of rotatable bonds is 10. The summed E-state index contributed by atoms with van der Waals surface area (Å²) in [6.45, 7) is 6.21. The highest BCUT2D eigenvalue weighted by atomic mass is 127. The summed E-state index contributed by atoms with van der Waals surface area (Å²) >= 11 is 2.27. The van der Waals surface area contributed by atoms with Crippen LogP contribution >= 0.6 is 22.6 Å². The largest absolute Gasteiger partial charge is 0.488 e. The van der Waals surface area contributed by atoms with Gasteiger partial charge in [0.15, 0.2) is 0 Å². The Morgan fingerprint density at radius 2 is 1.63 bits per heavy atom. The van der Waals surface area contributed by atoms with Gasteiger partial charge in [0.25, 0.3) is 0 Å². The van der Waals surface area contributed by atoms with Gasteiger partial charge in [-0.1, -0.05) is 54.6 Å². The number of halogens is 1. The minimum absolute atomic E-state index is 0.00583. The predicted octanol–water partition coefficient (Wildman–Crippen LogP) is 6.89. The molecule has 4 N–H and O–H groups in total. The van der Waals surface area contributed by atoms with Gasteiger partial charge in [0.1, 0.15) is 36.1 Å². The van der Waals surface area contributed by atoms with E-state index in [2.05, 4.69) is 79.6 Å². The lowest BCUT2D eigenvalue weighted by atomic mass is 9.92. The van der Waals surface area contributed by atoms with Gasteiger partial charge in [-0.25, -0.2) is 19.6 Å². The van der Waals surface area contributed by atoms with Crippen LogP contribution in [0.25, 0.3) is 44.2 Å². The average molecular weight is 933 g/mol. The third-order valence-electron chi connectivity index (χ3n) is 11.9. The van der Waals surface area contributed by atoms with Crippen LogP contribution in [-0.2, 0) is 30.4 Å². The Balaban J connectivity index is 1.04. The average Bonchev–Trinajstić information content (AvgIpc) is 4.07. The van der Waals surface area contributed by atoms with Crippen LogP contribution in [0.4, 0.5) is 9.59 Å². The van der Waals surface area contributed by atoms with Gasteiger partial charge < -0.3 is 49.3 Å². The maximum Gasteiger partial charge on any atom is 0.407 e. The first-order chi connectivity index (χ1) is 28.9. The number of hydrogen-bond donors (Lipinski definition) is 4. The number of carbonyl (C=O) groups is 4. The third kappa shape index (κ3) is 7.61. The molecule has 60 heavy (non-hydrogen) atoms. The topological polar surface area (TPSA) is 193 Å². The number of nitrogens with one attached hydrogen (secondary N) is 4. The second-order valence-corrected chi connectivity index (χ2v) is 17.4. The minimum Gasteiger partial charge on any atom is -0.488 e. The van der Waals surface area contributed by atoms with Gasteiger partial charge in [-0.05, 0) is 84.9 Å². The van der Waals surface area contributed by atoms with Crippen molar-refractivity contribution in [3.8, 4) is 28.1 Å². The quantitative estimate of drug-likeness (QED) is 0.0651. The molecule has 6 atom stereocenters. The fraction of sp³-hybridized carbons (Fsp3) is 0.442. The van der Waals surface area contributed by atoms with Gasteiger partial charge in [-0.2, -0.15) is 0 Å². The summed E-state index contributed by atoms with van der Waals surface area (Å²) in [6, 6.07) is 12.3. The van der Waals surface area contributed by atoms with E-state index in [4.69, 9.17) is 28.9 Å². The van der Waals surface area contributed by atoms with Crippen molar-refractivity contribution in [3.05, 3.63) is 65.9 Å². The summed E-state index contributed by atoms with van der Waals surface area (Å²) < 4.78 is 21.1. The Morgan fingerprint density at radius 1 is 0.883 bits per heavy atom. The molecule has 0 spiro atoms. The van der Waals surface area contributed by atoms with Gasteiger partial charge in [0.05, 0.1) is 59.9 Å². The third-order valence-corrected chi connectivity index (χ3v) is 13.1. The normalized spacial score (nSPS) is 20.7. The van der Waals surface area contributed by atoms with E-state index >= 15 is 0 Å². The molecule has 5 aromatic rings. The number of methoxy groups -OCH3 is 3. The molecule has 0 saturated carbocycles. The van der Waals surface area contributed by atoms with E-state index in [9.17, 15) is 19.2 Å². The van der Waals surface area contributed by atoms with Crippen LogP contribution in [0.3, 0.4) is 0 Å². The Hall–Kier alpha value is -5.43. The summed E-state index contributed by atoms with van der Waals surface area (Å²) in [5, 5.41) is 7.30. The van der Waals surface area contributed by atoms with E-state index in [1.54, 1.807) is 4.90 Å². The highest BCUT2D eigenvalue weighted by molar-refractivity contribution is 14.1. The number of nitrogens with zero attached hydrogens (tertiary/aromatic N) is 4. The molecule has 3 aromatic carbocycles. The molecule has 1 unspecified atom stereocenters. The molecular weight excluding hydrogens is 883 g/mol. The number of fused-ring (bicyclic) bond motifs is 6. The molecule has 2 aromatic heterocycles. The molecule has 16 nitrogen and oxygen atoms in total. The van der Waals surface area contributed by atoms with Crippen LogP contribution in [0.5, 0.6) is 5.75 Å². The number of benzene rings is 3. The Morgan fingerprint density at radius 3 is 2.38 bits per heavy atom. The summed E-state index contributed by atoms with van der Waals surface area (Å²) in [6.07, 6.45) is 3.52. The molecule has 5 heterocycles. The monoisotopic (exact) mass is 932 g/mol. The zero-order chi connectivity index (χ0) is 42.4. The molecule has 2 fully saturated rings. The molecule has 316 valence electrons. The fourth-order valence-electron chi connectivity index (χ4n) is 8.83. The lowest BCUT2D eigenvalue weighted by Gasteiger charge is -2.32. The van der Waals surface area contributed by atoms with Crippen molar-refractivity contribution < 1.29 is 38.1 Å². The van der Waals surface area contributed by atoms with Crippen molar-refractivity contribution in [2.24, 2.45) is 5.92 Å². The van der Waals surface area contributed by atoms with Crippen molar-refractivity contribution in [1.29, 1.82) is 0 Å². The van der Waals surface area contributed by atoms with E-state index in [0.717, 1.165) is 74.8 Å². The molecule has 3 aliphatic rings. The summed E-state index contributed by atoms with van der Waals surface area (Å²) in [5.41, 5.74) is 6.51. The standard InChI is InChI=1S/C43H49IN8O8/c1-21(2)36(50-43(56)59-6)41(54)51-22(3)7-12-32(51)38-45-18-30(47-38)24-8-10-26-25(15-24)19-60-34-17-27-23(16-28(26)34)9-11-29-37(27)49-39(46-29)33-13-14-35(44)52(33)40(53)31(20-57-4)48-42(55)58-5/h8-11,15-18,21-22,31-33,35-36H,7,12-14,19-20H2,1-6H3,(H,45,47)(H,46,49)(H,48,55)(H,50,56)/t22-,31-,32-,33?,35+,36-/m0/s1. The summed E-state index contributed by atoms with van der Waals surface area (Å²) in [4.78, 5) is 72.2. The highest BCUT2D eigenvalue weighted by Crippen LogP contribution is 2.44. The molecule has 3 aliphatic heterocycles. The first-order valence-corrected chi connectivity index (χ1v) is 21.4. The number of aromatic nitrogens is 4. The van der Waals surface area contributed by atoms with Crippen molar-refractivity contribution >= 4 is 68.4 Å². The van der Waals surface area contributed by atoms with Gasteiger partial charge in [-0.3, -0.25) is 9.59 Å². The number of imidazole rings is 2. The molecular formula is C43H49IN8O8. The van der Waals surface area contributed by atoms with Crippen LogP contribution in [0.1, 0.15) is 75.8 Å². The number of alkyl halides is 1. The number of ether oxygens (including phenoxy) is 4. The number of carbonyl (C=O) groups excluding carboxylic acids is 4. The van der Waals surface area contributed by atoms with Gasteiger partial charge in [-0.15, -0.1) is 0 Å². The van der Waals surface area contributed by atoms with Gasteiger partial charge in [0, 0.05) is 24.1 Å². The highest BCUT2D eigenvalue weighted by Gasteiger charge is 2.43. The van der Waals surface area contributed by atoms with E-state index in [1.165, 1.54) is 21.3 Å². The van der Waals surface area contributed by atoms with E-state index in [-0.39, 0.29) is 46.5 Å². The van der Waals surface area contributed by atoms with E-state index in [1.807, 2.05) is 37.9 Å². The number of alkyl carbamates (subject to hydrolysis) is 2. The Labute approximate surface area is 360 Å². The number of likely N-dealkylation sites (tertiary alicyclic amines) is 2. The van der Waals surface area contributed by atoms with Crippen LogP contribution in [-0.4, -0.2) is 104 Å². The number of aromatic amines is 2. The van der Waals surface area contributed by atoms with Gasteiger partial charge in [0.2, 0.25) is 11.8 Å². The van der Waals surface area contributed by atoms with Crippen molar-refractivity contribution in [1.82, 2.24) is 40.4 Å². The molecule has 17 heteroatoms. The first kappa shape index (κ1) is 41.3. The van der Waals surface area contributed by atoms with E-state index in [0.29, 0.717) is 24.7 Å². The second-order valence-electron chi connectivity index (χ2n) is 16.0. The Kier molecular flexibility index (Phi) is 11.6. The van der Waals surface area contributed by atoms with Gasteiger partial charge >= 0.3 is 12.2 Å². The Bertz CT molecular complexity index is 2470. The summed E-state index contributed by atoms with van der Waals surface area (Å²) in [7, 11) is 4.03. The predicted molar refractivity (Wildman–Crippen MR) is 231 cm³/mol. The zero-order valence-corrected chi connectivity index (χ0v) is 36.5. The van der Waals surface area contributed by atoms with Crippen molar-refractivity contribution in [2.45, 2.75) is 87.3 Å². The number of amides is 4. The number of H-pyrrole nitrogens is 2. The zero-order valence-electron chi connectivity index (χ0n) is 34.3. The van der Waals surface area contributed by atoms with Crippen LogP contribution < -0.4 is 15.4 Å². The molecule has 2 saturated heterocycles. The molecule has 8 rings (SSSR count). The first-order valence-electron chi connectivity index (χ1n) is 20.1. The molecule has 0 aliphatic carbocycles. The molecule has 0 bridgehead atoms.